The third-order valence-electron chi connectivity index (χ3n) is 6.12. The van der Waals surface area contributed by atoms with Gasteiger partial charge in [-0.2, -0.15) is 0 Å². The van der Waals surface area contributed by atoms with Gasteiger partial charge >= 0.3 is 0 Å². The maximum Gasteiger partial charge on any atom is 0.191 e. The smallest absolute Gasteiger partial charge is 0.191 e. The van der Waals surface area contributed by atoms with Crippen LogP contribution in [0.4, 0.5) is 28.9 Å². The minimum atomic E-state index is -0.839. The second-order valence-electron chi connectivity index (χ2n) is 8.32. The van der Waals surface area contributed by atoms with E-state index < -0.39 is 23.3 Å². The molecule has 0 radical (unpaired) electrons. The van der Waals surface area contributed by atoms with Crippen LogP contribution in [0.3, 0.4) is 0 Å². The van der Waals surface area contributed by atoms with Crippen molar-refractivity contribution in [2.75, 3.05) is 49.6 Å². The minimum Gasteiger partial charge on any atom is -0.371 e. The molecule has 5 nitrogen and oxygen atoms in total. The molecule has 2 fully saturated rings. The maximum atomic E-state index is 14.1. The molecule has 0 spiro atoms. The molecule has 2 aromatic rings. The molecular formula is C23H28F4IN5. The van der Waals surface area contributed by atoms with E-state index in [4.69, 9.17) is 0 Å². The van der Waals surface area contributed by atoms with Gasteiger partial charge in [-0.1, -0.05) is 0 Å². The maximum absolute atomic E-state index is 14.1. The van der Waals surface area contributed by atoms with Crippen molar-refractivity contribution >= 4 is 41.3 Å². The first-order chi connectivity index (χ1) is 15.4. The van der Waals surface area contributed by atoms with Gasteiger partial charge in [-0.3, -0.25) is 4.99 Å². The molecule has 10 heteroatoms. The lowest BCUT2D eigenvalue weighted by atomic mass is 10.1. The third kappa shape index (κ3) is 6.21. The van der Waals surface area contributed by atoms with Crippen LogP contribution in [0.5, 0.6) is 0 Å². The van der Waals surface area contributed by atoms with E-state index in [0.717, 1.165) is 38.1 Å². The Balaban J connectivity index is 0.00000306. The molecule has 2 heterocycles. The molecule has 0 aliphatic carbocycles. The average molecular weight is 577 g/mol. The molecule has 0 aromatic heterocycles. The first-order valence-corrected chi connectivity index (χ1v) is 10.8. The lowest BCUT2D eigenvalue weighted by Gasteiger charge is -2.22. The van der Waals surface area contributed by atoms with E-state index >= 15 is 0 Å². The molecule has 33 heavy (non-hydrogen) atoms. The lowest BCUT2D eigenvalue weighted by Crippen LogP contribution is -2.46. The van der Waals surface area contributed by atoms with Crippen molar-refractivity contribution in [1.29, 1.82) is 0 Å². The Hall–Kier alpha value is -2.24. The Morgan fingerprint density at radius 1 is 0.939 bits per heavy atom. The fourth-order valence-electron chi connectivity index (χ4n) is 4.38. The minimum absolute atomic E-state index is 0. The summed E-state index contributed by atoms with van der Waals surface area (Å²) < 4.78 is 53.9. The van der Waals surface area contributed by atoms with Gasteiger partial charge in [0.05, 0.1) is 5.69 Å². The van der Waals surface area contributed by atoms with Crippen molar-refractivity contribution in [3.63, 3.8) is 0 Å². The zero-order chi connectivity index (χ0) is 22.7. The van der Waals surface area contributed by atoms with Crippen LogP contribution in [0.1, 0.15) is 12.8 Å². The van der Waals surface area contributed by atoms with Gasteiger partial charge in [-0.15, -0.1) is 24.0 Å². The first-order valence-electron chi connectivity index (χ1n) is 10.8. The highest BCUT2D eigenvalue weighted by molar-refractivity contribution is 14.0. The van der Waals surface area contributed by atoms with Crippen LogP contribution < -0.4 is 20.4 Å². The number of nitrogens with one attached hydrogen (secondary N) is 2. The number of benzene rings is 2. The fourth-order valence-corrected chi connectivity index (χ4v) is 4.38. The van der Waals surface area contributed by atoms with Crippen molar-refractivity contribution in [1.82, 2.24) is 10.6 Å². The number of guanidine groups is 1. The Labute approximate surface area is 208 Å². The number of hydrogen-bond donors (Lipinski definition) is 2. The van der Waals surface area contributed by atoms with Crippen LogP contribution in [0.2, 0.25) is 0 Å². The van der Waals surface area contributed by atoms with E-state index in [0.29, 0.717) is 42.9 Å². The Morgan fingerprint density at radius 2 is 1.73 bits per heavy atom. The molecule has 2 atom stereocenters. The third-order valence-corrected chi connectivity index (χ3v) is 6.12. The summed E-state index contributed by atoms with van der Waals surface area (Å²) in [5, 5.41) is 6.71. The molecule has 2 saturated heterocycles. The van der Waals surface area contributed by atoms with Crippen LogP contribution >= 0.6 is 24.0 Å². The van der Waals surface area contributed by atoms with Crippen LogP contribution in [0.15, 0.2) is 41.4 Å². The second kappa shape index (κ2) is 11.3. The van der Waals surface area contributed by atoms with E-state index in [1.165, 1.54) is 18.2 Å². The molecule has 2 unspecified atom stereocenters. The Morgan fingerprint density at radius 3 is 2.45 bits per heavy atom. The average Bonchev–Trinajstić information content (AvgIpc) is 3.43. The molecular weight excluding hydrogens is 549 g/mol. The highest BCUT2D eigenvalue weighted by Gasteiger charge is 2.27. The number of halogens is 5. The van der Waals surface area contributed by atoms with Crippen LogP contribution in [-0.2, 0) is 0 Å². The summed E-state index contributed by atoms with van der Waals surface area (Å²) in [7, 11) is 1.70. The number of nitrogens with zero attached hydrogens (tertiary/aromatic N) is 3. The monoisotopic (exact) mass is 577 g/mol. The zero-order valence-electron chi connectivity index (χ0n) is 18.3. The van der Waals surface area contributed by atoms with Crippen molar-refractivity contribution in [2.24, 2.45) is 10.9 Å². The molecule has 2 aromatic carbocycles. The molecule has 0 saturated carbocycles. The van der Waals surface area contributed by atoms with E-state index in [1.54, 1.807) is 13.1 Å². The SMILES string of the molecule is CN=C(NCC1CCN(c2ccc(F)c(F)c2)C1)NC1CCN(c2ccc(F)cc2F)C1.I. The van der Waals surface area contributed by atoms with Gasteiger partial charge in [0.15, 0.2) is 17.6 Å². The Bertz CT molecular complexity index is 989. The van der Waals surface area contributed by atoms with E-state index in [9.17, 15) is 17.6 Å². The lowest BCUT2D eigenvalue weighted by molar-refractivity contribution is 0.508. The van der Waals surface area contributed by atoms with Crippen molar-refractivity contribution in [3.05, 3.63) is 59.7 Å². The number of anilines is 2. The fraction of sp³-hybridized carbons (Fsp3) is 0.435. The zero-order valence-corrected chi connectivity index (χ0v) is 20.7. The van der Waals surface area contributed by atoms with Gasteiger partial charge in [0, 0.05) is 63.6 Å². The molecule has 0 amide bonds. The predicted molar refractivity (Wildman–Crippen MR) is 134 cm³/mol. The molecule has 4 rings (SSSR count). The summed E-state index contributed by atoms with van der Waals surface area (Å²) in [5.74, 6) is -1.80. The van der Waals surface area contributed by atoms with Gasteiger partial charge in [-0.05, 0) is 43.0 Å². The van der Waals surface area contributed by atoms with E-state index in [1.807, 2.05) is 4.90 Å². The summed E-state index contributed by atoms with van der Waals surface area (Å²) in [6, 6.07) is 7.73. The molecule has 180 valence electrons. The topological polar surface area (TPSA) is 42.9 Å². The predicted octanol–water partition coefficient (Wildman–Crippen LogP) is 4.13. The quantitative estimate of drug-likeness (QED) is 0.243. The summed E-state index contributed by atoms with van der Waals surface area (Å²) in [5.41, 5.74) is 1.09. The second-order valence-corrected chi connectivity index (χ2v) is 8.32. The summed E-state index contributed by atoms with van der Waals surface area (Å²) in [6.07, 6.45) is 1.74. The van der Waals surface area contributed by atoms with Crippen molar-refractivity contribution in [3.8, 4) is 0 Å². The van der Waals surface area contributed by atoms with Crippen LogP contribution in [-0.4, -0.2) is 51.8 Å². The summed E-state index contributed by atoms with van der Waals surface area (Å²) in [6.45, 7) is 3.49. The normalized spacial score (nSPS) is 20.7. The number of rotatable bonds is 5. The standard InChI is InChI=1S/C23H27F4N5.HI/c1-28-23(30-17-7-9-32(14-17)22-5-2-16(24)10-21(22)27)29-12-15-6-8-31(13-15)18-3-4-19(25)20(26)11-18;/h2-5,10-11,15,17H,6-9,12-14H2,1H3,(H2,28,29,30);1H. The first kappa shape index (κ1) is 25.4. The molecule has 2 aliphatic heterocycles. The van der Waals surface area contributed by atoms with E-state index in [-0.39, 0.29) is 30.0 Å². The van der Waals surface area contributed by atoms with Gasteiger partial charge in [0.25, 0.3) is 0 Å². The van der Waals surface area contributed by atoms with E-state index in [2.05, 4.69) is 20.5 Å². The van der Waals surface area contributed by atoms with Gasteiger partial charge in [0.2, 0.25) is 0 Å². The van der Waals surface area contributed by atoms with Gasteiger partial charge < -0.3 is 20.4 Å². The highest BCUT2D eigenvalue weighted by Crippen LogP contribution is 2.26. The molecule has 0 bridgehead atoms. The highest BCUT2D eigenvalue weighted by atomic mass is 127. The Kier molecular flexibility index (Phi) is 8.66. The largest absolute Gasteiger partial charge is 0.371 e. The van der Waals surface area contributed by atoms with Crippen molar-refractivity contribution < 1.29 is 17.6 Å². The van der Waals surface area contributed by atoms with Gasteiger partial charge in [-0.25, -0.2) is 17.6 Å². The summed E-state index contributed by atoms with van der Waals surface area (Å²) in [4.78, 5) is 8.24. The van der Waals surface area contributed by atoms with Gasteiger partial charge in [0.1, 0.15) is 11.6 Å². The molecule has 2 N–H and O–H groups in total. The van der Waals surface area contributed by atoms with Crippen LogP contribution in [0, 0.1) is 29.2 Å². The number of aliphatic imine (C=N–C) groups is 1. The number of hydrogen-bond acceptors (Lipinski definition) is 3. The molecule has 2 aliphatic rings. The van der Waals surface area contributed by atoms with Crippen LogP contribution in [0.25, 0.3) is 0 Å². The summed E-state index contributed by atoms with van der Waals surface area (Å²) >= 11 is 0. The van der Waals surface area contributed by atoms with Crippen molar-refractivity contribution in [2.45, 2.75) is 18.9 Å².